The average Bonchev–Trinajstić information content (AvgIpc) is 2.38. The number of carbonyl (C=O) groups is 2. The van der Waals surface area contributed by atoms with E-state index in [1.165, 1.54) is 13.8 Å². The molecule has 0 bridgehead atoms. The zero-order valence-electron chi connectivity index (χ0n) is 9.86. The second-order valence-corrected chi connectivity index (χ2v) is 4.90. The molecule has 2 heterocycles. The number of aliphatic imine (C=N–C) groups is 1. The monoisotopic (exact) mass is 225 g/mol. The van der Waals surface area contributed by atoms with E-state index in [-0.39, 0.29) is 5.92 Å². The van der Waals surface area contributed by atoms with E-state index in [2.05, 4.69) is 4.99 Å². The van der Waals surface area contributed by atoms with Gasteiger partial charge in [-0.25, -0.2) is 9.59 Å². The number of hydrogen-bond donors (Lipinski definition) is 0. The molecule has 1 atom stereocenters. The predicted molar refractivity (Wildman–Crippen MR) is 55.9 cm³/mol. The van der Waals surface area contributed by atoms with Crippen molar-refractivity contribution in [2.75, 3.05) is 0 Å². The van der Waals surface area contributed by atoms with Gasteiger partial charge in [-0.1, -0.05) is 6.92 Å². The van der Waals surface area contributed by atoms with Crippen molar-refractivity contribution >= 4 is 17.7 Å². The van der Waals surface area contributed by atoms with Gasteiger partial charge in [0.2, 0.25) is 0 Å². The lowest BCUT2D eigenvalue weighted by Crippen LogP contribution is -2.59. The van der Waals surface area contributed by atoms with Crippen LogP contribution in [0.3, 0.4) is 0 Å². The Morgan fingerprint density at radius 2 is 1.75 bits per heavy atom. The summed E-state index contributed by atoms with van der Waals surface area (Å²) in [5, 5.41) is 0. The SMILES string of the molecule is CC1=NC2(C(=O)OC(C)(C)OC2=O)[C@@H](C)C1. The lowest BCUT2D eigenvalue weighted by atomic mass is 9.85. The highest BCUT2D eigenvalue weighted by atomic mass is 16.7. The molecule has 2 aliphatic heterocycles. The quantitative estimate of drug-likeness (QED) is 0.457. The first-order valence-corrected chi connectivity index (χ1v) is 5.30. The van der Waals surface area contributed by atoms with Crippen molar-refractivity contribution in [3.05, 3.63) is 0 Å². The first-order chi connectivity index (χ1) is 7.28. The van der Waals surface area contributed by atoms with E-state index in [1.54, 1.807) is 13.8 Å². The predicted octanol–water partition coefficient (Wildman–Crippen LogP) is 1.06. The molecule has 5 nitrogen and oxygen atoms in total. The summed E-state index contributed by atoms with van der Waals surface area (Å²) < 4.78 is 10.2. The first-order valence-electron chi connectivity index (χ1n) is 5.30. The van der Waals surface area contributed by atoms with Crippen LogP contribution in [-0.2, 0) is 19.1 Å². The minimum absolute atomic E-state index is 0.205. The van der Waals surface area contributed by atoms with Crippen LogP contribution in [0.1, 0.15) is 34.1 Å². The number of esters is 2. The van der Waals surface area contributed by atoms with Crippen LogP contribution in [0.25, 0.3) is 0 Å². The highest BCUT2D eigenvalue weighted by Crippen LogP contribution is 2.39. The van der Waals surface area contributed by atoms with Crippen LogP contribution in [0.4, 0.5) is 0 Å². The number of nitrogens with zero attached hydrogens (tertiary/aromatic N) is 1. The molecule has 0 radical (unpaired) electrons. The van der Waals surface area contributed by atoms with Gasteiger partial charge in [0, 0.05) is 25.5 Å². The summed E-state index contributed by atoms with van der Waals surface area (Å²) in [6, 6.07) is 0. The topological polar surface area (TPSA) is 65.0 Å². The maximum absolute atomic E-state index is 12.0. The standard InChI is InChI=1S/C11H15NO4/c1-6-5-7(2)12-11(6)8(13)15-10(3,4)16-9(11)14/h6H,5H2,1-4H3/t6-/m0/s1. The van der Waals surface area contributed by atoms with Crippen molar-refractivity contribution in [3.8, 4) is 0 Å². The third-order valence-electron chi connectivity index (χ3n) is 2.98. The maximum atomic E-state index is 12.0. The summed E-state index contributed by atoms with van der Waals surface area (Å²) in [4.78, 5) is 28.1. The molecule has 0 aromatic rings. The van der Waals surface area contributed by atoms with E-state index in [0.29, 0.717) is 6.42 Å². The molecule has 2 aliphatic rings. The van der Waals surface area contributed by atoms with E-state index >= 15 is 0 Å². The number of hydrogen-bond acceptors (Lipinski definition) is 5. The highest BCUT2D eigenvalue weighted by Gasteiger charge is 2.61. The molecule has 0 aromatic heterocycles. The van der Waals surface area contributed by atoms with Crippen molar-refractivity contribution in [2.45, 2.75) is 45.4 Å². The van der Waals surface area contributed by atoms with Crippen molar-refractivity contribution in [2.24, 2.45) is 10.9 Å². The third kappa shape index (κ3) is 1.34. The number of ether oxygens (including phenoxy) is 2. The van der Waals surface area contributed by atoms with Gasteiger partial charge in [0.05, 0.1) is 0 Å². The number of rotatable bonds is 0. The van der Waals surface area contributed by atoms with Crippen LogP contribution in [0.5, 0.6) is 0 Å². The molecule has 0 amide bonds. The zero-order chi connectivity index (χ0) is 12.1. The smallest absolute Gasteiger partial charge is 0.349 e. The minimum atomic E-state index is -1.46. The molecule has 1 saturated heterocycles. The summed E-state index contributed by atoms with van der Waals surface area (Å²) in [6.07, 6.45) is 0.616. The molecule has 0 unspecified atom stereocenters. The fraction of sp³-hybridized carbons (Fsp3) is 0.727. The second kappa shape index (κ2) is 3.06. The van der Waals surface area contributed by atoms with Gasteiger partial charge in [0.15, 0.2) is 0 Å². The minimum Gasteiger partial charge on any atom is -0.421 e. The Morgan fingerprint density at radius 1 is 1.25 bits per heavy atom. The summed E-state index contributed by atoms with van der Waals surface area (Å²) in [5.74, 6) is -2.59. The van der Waals surface area contributed by atoms with Gasteiger partial charge in [0.1, 0.15) is 0 Å². The Labute approximate surface area is 93.8 Å². The van der Waals surface area contributed by atoms with Crippen LogP contribution in [0.15, 0.2) is 4.99 Å². The summed E-state index contributed by atoms with van der Waals surface area (Å²) in [5.41, 5.74) is -0.680. The Kier molecular flexibility index (Phi) is 2.12. The number of carbonyl (C=O) groups excluding carboxylic acids is 2. The van der Waals surface area contributed by atoms with E-state index in [4.69, 9.17) is 9.47 Å². The third-order valence-corrected chi connectivity index (χ3v) is 2.98. The van der Waals surface area contributed by atoms with Crippen molar-refractivity contribution in [1.82, 2.24) is 0 Å². The summed E-state index contributed by atoms with van der Waals surface area (Å²) in [7, 11) is 0. The first kappa shape index (κ1) is 11.1. The molecule has 1 spiro atoms. The zero-order valence-corrected chi connectivity index (χ0v) is 9.86. The largest absolute Gasteiger partial charge is 0.421 e. The van der Waals surface area contributed by atoms with E-state index in [9.17, 15) is 9.59 Å². The van der Waals surface area contributed by atoms with Gasteiger partial charge >= 0.3 is 11.9 Å². The highest BCUT2D eigenvalue weighted by molar-refractivity contribution is 6.11. The Balaban J connectivity index is 2.43. The molecule has 5 heteroatoms. The molecule has 16 heavy (non-hydrogen) atoms. The summed E-state index contributed by atoms with van der Waals surface area (Å²) in [6.45, 7) is 6.67. The van der Waals surface area contributed by atoms with Gasteiger partial charge in [-0.05, 0) is 13.3 Å². The molecule has 0 N–H and O–H groups in total. The van der Waals surface area contributed by atoms with E-state index in [1.807, 2.05) is 0 Å². The molecule has 1 fully saturated rings. The van der Waals surface area contributed by atoms with Gasteiger partial charge in [-0.2, -0.15) is 0 Å². The lowest BCUT2D eigenvalue weighted by Gasteiger charge is -2.38. The Morgan fingerprint density at radius 3 is 2.12 bits per heavy atom. The fourth-order valence-electron chi connectivity index (χ4n) is 2.25. The molecule has 0 saturated carbocycles. The van der Waals surface area contributed by atoms with Crippen LogP contribution < -0.4 is 0 Å². The van der Waals surface area contributed by atoms with Gasteiger partial charge in [-0.3, -0.25) is 4.99 Å². The summed E-state index contributed by atoms with van der Waals surface area (Å²) >= 11 is 0. The van der Waals surface area contributed by atoms with Crippen LogP contribution in [0.2, 0.25) is 0 Å². The molecule has 88 valence electrons. The van der Waals surface area contributed by atoms with Crippen LogP contribution in [0, 0.1) is 5.92 Å². The van der Waals surface area contributed by atoms with E-state index < -0.39 is 23.3 Å². The van der Waals surface area contributed by atoms with Crippen molar-refractivity contribution < 1.29 is 19.1 Å². The molecule has 0 aliphatic carbocycles. The maximum Gasteiger partial charge on any atom is 0.349 e. The van der Waals surface area contributed by atoms with Gasteiger partial charge in [-0.15, -0.1) is 0 Å². The van der Waals surface area contributed by atoms with Gasteiger partial charge < -0.3 is 9.47 Å². The fourth-order valence-corrected chi connectivity index (χ4v) is 2.25. The lowest BCUT2D eigenvalue weighted by molar-refractivity contribution is -0.244. The van der Waals surface area contributed by atoms with Crippen LogP contribution >= 0.6 is 0 Å². The molecule has 2 rings (SSSR count). The number of cyclic esters (lactones) is 2. The Hall–Kier alpha value is -1.39. The second-order valence-electron chi connectivity index (χ2n) is 4.90. The van der Waals surface area contributed by atoms with Gasteiger partial charge in [0.25, 0.3) is 11.3 Å². The average molecular weight is 225 g/mol. The molecular weight excluding hydrogens is 210 g/mol. The normalized spacial score (nSPS) is 31.0. The van der Waals surface area contributed by atoms with E-state index in [0.717, 1.165) is 5.71 Å². The van der Waals surface area contributed by atoms with Crippen LogP contribution in [-0.4, -0.2) is 29.0 Å². The Bertz CT molecular complexity index is 377. The van der Waals surface area contributed by atoms with Crippen molar-refractivity contribution in [3.63, 3.8) is 0 Å². The van der Waals surface area contributed by atoms with Crippen molar-refractivity contribution in [1.29, 1.82) is 0 Å². The molecule has 0 aromatic carbocycles. The molecular formula is C11H15NO4.